The van der Waals surface area contributed by atoms with Crippen molar-refractivity contribution < 1.29 is 28.6 Å². The fourth-order valence-corrected chi connectivity index (χ4v) is 4.00. The summed E-state index contributed by atoms with van der Waals surface area (Å²) in [5.74, 6) is -2.08. The molecule has 0 bridgehead atoms. The maximum Gasteiger partial charge on any atom is 0.337 e. The minimum Gasteiger partial charge on any atom is -0.457 e. The van der Waals surface area contributed by atoms with Crippen LogP contribution < -0.4 is 0 Å². The summed E-state index contributed by atoms with van der Waals surface area (Å²) in [4.78, 5) is 39.5. The van der Waals surface area contributed by atoms with Gasteiger partial charge >= 0.3 is 17.9 Å². The monoisotopic (exact) mass is 522 g/mol. The predicted molar refractivity (Wildman–Crippen MR) is 150 cm³/mol. The number of cyclic esters (lactones) is 3. The molecule has 0 unspecified atom stereocenters. The van der Waals surface area contributed by atoms with Crippen molar-refractivity contribution in [2.75, 3.05) is 19.8 Å². The Bertz CT molecular complexity index is 1310. The van der Waals surface area contributed by atoms with E-state index in [2.05, 4.69) is 0 Å². The van der Waals surface area contributed by atoms with Gasteiger partial charge in [0.25, 0.3) is 0 Å². The first kappa shape index (κ1) is 27.3. The third-order valence-electron chi connectivity index (χ3n) is 6.42. The summed E-state index contributed by atoms with van der Waals surface area (Å²) >= 11 is 0. The molecule has 3 aromatic carbocycles. The average molecular weight is 523 g/mol. The van der Waals surface area contributed by atoms with Gasteiger partial charge in [-0.2, -0.15) is 0 Å². The number of hydrogen-bond acceptors (Lipinski definition) is 6. The molecule has 1 fully saturated rings. The summed E-state index contributed by atoms with van der Waals surface area (Å²) in [5, 5.41) is 0. The van der Waals surface area contributed by atoms with Crippen molar-refractivity contribution in [2.24, 2.45) is 0 Å². The molecule has 0 amide bonds. The Labute approximate surface area is 228 Å². The van der Waals surface area contributed by atoms with Gasteiger partial charge in [-0.05, 0) is 72.4 Å². The molecule has 1 aliphatic heterocycles. The van der Waals surface area contributed by atoms with E-state index in [-0.39, 0.29) is 36.5 Å². The van der Waals surface area contributed by atoms with E-state index in [1.807, 2.05) is 93.6 Å². The maximum atomic E-state index is 13.2. The van der Waals surface area contributed by atoms with Crippen LogP contribution in [0.1, 0.15) is 33.4 Å². The second-order valence-electron chi connectivity index (χ2n) is 9.31. The molecule has 0 aliphatic carbocycles. The molecule has 1 saturated heterocycles. The van der Waals surface area contributed by atoms with Gasteiger partial charge in [-0.1, -0.05) is 72.8 Å². The Morgan fingerprint density at radius 3 is 0.974 bits per heavy atom. The second kappa shape index (κ2) is 12.7. The van der Waals surface area contributed by atoms with Crippen LogP contribution in [0.4, 0.5) is 0 Å². The summed E-state index contributed by atoms with van der Waals surface area (Å²) in [6.45, 7) is 4.84. The number of carbonyl (C=O) groups is 3. The minimum atomic E-state index is -0.695. The topological polar surface area (TPSA) is 78.9 Å². The third-order valence-corrected chi connectivity index (χ3v) is 6.42. The normalized spacial score (nSPS) is 18.2. The Kier molecular flexibility index (Phi) is 8.90. The first-order valence-electron chi connectivity index (χ1n) is 12.6. The van der Waals surface area contributed by atoms with E-state index in [0.29, 0.717) is 0 Å². The molecule has 1 heterocycles. The van der Waals surface area contributed by atoms with Gasteiger partial charge in [0.1, 0.15) is 19.8 Å². The summed E-state index contributed by atoms with van der Waals surface area (Å²) in [7, 11) is 0. The molecule has 3 aromatic rings. The van der Waals surface area contributed by atoms with Gasteiger partial charge in [-0.25, -0.2) is 14.4 Å². The number of rotatable bonds is 3. The van der Waals surface area contributed by atoms with Crippen molar-refractivity contribution >= 4 is 36.1 Å². The number of carbonyl (C=O) groups excluding carboxylic acids is 3. The molecule has 0 saturated carbocycles. The van der Waals surface area contributed by atoms with Crippen LogP contribution in [0.25, 0.3) is 18.2 Å². The van der Waals surface area contributed by atoms with Gasteiger partial charge < -0.3 is 14.2 Å². The Hall–Kier alpha value is -4.71. The average Bonchev–Trinajstić information content (AvgIpc) is 2.93. The van der Waals surface area contributed by atoms with Crippen molar-refractivity contribution in [3.63, 3.8) is 0 Å². The molecule has 4 rings (SSSR count). The van der Waals surface area contributed by atoms with Gasteiger partial charge in [0.05, 0.1) is 16.7 Å². The van der Waals surface area contributed by atoms with Crippen LogP contribution in [0.15, 0.2) is 89.5 Å². The van der Waals surface area contributed by atoms with E-state index in [1.165, 1.54) is 0 Å². The van der Waals surface area contributed by atoms with Gasteiger partial charge in [-0.15, -0.1) is 0 Å². The second-order valence-corrected chi connectivity index (χ2v) is 9.31. The Balaban J connectivity index is 1.75. The first-order chi connectivity index (χ1) is 18.8. The van der Waals surface area contributed by atoms with Crippen LogP contribution in [-0.4, -0.2) is 37.7 Å². The number of esters is 3. The quantitative estimate of drug-likeness (QED) is 0.246. The summed E-state index contributed by atoms with van der Waals surface area (Å²) in [6.07, 6.45) is 4.93. The molecule has 198 valence electrons. The van der Waals surface area contributed by atoms with E-state index in [9.17, 15) is 14.4 Å². The van der Waals surface area contributed by atoms with Crippen LogP contribution in [-0.2, 0) is 28.6 Å². The lowest BCUT2D eigenvalue weighted by Crippen LogP contribution is -2.24. The summed E-state index contributed by atoms with van der Waals surface area (Å²) in [6, 6.07) is 22.6. The highest BCUT2D eigenvalue weighted by molar-refractivity contribution is 6.00. The van der Waals surface area contributed by atoms with E-state index in [4.69, 9.17) is 14.2 Å². The molecule has 6 nitrogen and oxygen atoms in total. The number of ether oxygens (including phenoxy) is 3. The lowest BCUT2D eigenvalue weighted by atomic mass is 10.0. The zero-order valence-corrected chi connectivity index (χ0v) is 22.2. The number of hydrogen-bond donors (Lipinski definition) is 0. The smallest absolute Gasteiger partial charge is 0.337 e. The van der Waals surface area contributed by atoms with Gasteiger partial charge in [0.2, 0.25) is 0 Å². The van der Waals surface area contributed by atoms with Crippen molar-refractivity contribution in [3.05, 3.63) is 123 Å². The van der Waals surface area contributed by atoms with E-state index in [0.717, 1.165) is 33.4 Å². The number of aryl methyl sites for hydroxylation is 3. The van der Waals surface area contributed by atoms with Crippen LogP contribution in [0.2, 0.25) is 0 Å². The zero-order chi connectivity index (χ0) is 27.8. The lowest BCUT2D eigenvalue weighted by molar-refractivity contribution is -0.145. The fraction of sp³-hybridized carbons (Fsp3) is 0.182. The number of benzene rings is 3. The SMILES string of the molecule is Cc1ccccc1/C=C1\COC(=O)/C(=C/c2ccccc2C)COC(=O)/C(=C/c2ccccc2C)COC1=O. The molecule has 6 heteroatoms. The molecule has 0 N–H and O–H groups in total. The van der Waals surface area contributed by atoms with E-state index in [1.54, 1.807) is 18.2 Å². The van der Waals surface area contributed by atoms with Gasteiger partial charge in [-0.3, -0.25) is 0 Å². The molecule has 1 aliphatic rings. The largest absolute Gasteiger partial charge is 0.457 e. The Morgan fingerprint density at radius 1 is 0.462 bits per heavy atom. The maximum absolute atomic E-state index is 13.2. The molecule has 0 aromatic heterocycles. The molecule has 39 heavy (non-hydrogen) atoms. The van der Waals surface area contributed by atoms with Crippen LogP contribution in [0.3, 0.4) is 0 Å². The first-order valence-corrected chi connectivity index (χ1v) is 12.6. The Morgan fingerprint density at radius 2 is 0.718 bits per heavy atom. The lowest BCUT2D eigenvalue weighted by Gasteiger charge is -2.16. The molecular formula is C33H30O6. The standard InChI is InChI=1S/C33H30O6/c1-22-10-4-7-13-25(22)16-28-19-37-32(35)30(18-27-15-9-6-12-24(27)3)21-39-33(36)29(20-38-31(28)34)17-26-14-8-5-11-23(26)2/h4-18H,19-21H2,1-3H3/b28-16+,29-17+,30-18+. The molecule has 0 spiro atoms. The molecule has 0 atom stereocenters. The van der Waals surface area contributed by atoms with Crippen LogP contribution >= 0.6 is 0 Å². The highest BCUT2D eigenvalue weighted by Gasteiger charge is 2.23. The fourth-order valence-electron chi connectivity index (χ4n) is 4.00. The summed E-state index contributed by atoms with van der Waals surface area (Å²) < 4.78 is 16.6. The van der Waals surface area contributed by atoms with Crippen molar-refractivity contribution in [3.8, 4) is 0 Å². The highest BCUT2D eigenvalue weighted by Crippen LogP contribution is 2.20. The van der Waals surface area contributed by atoms with E-state index < -0.39 is 17.9 Å². The van der Waals surface area contributed by atoms with Crippen molar-refractivity contribution in [2.45, 2.75) is 20.8 Å². The van der Waals surface area contributed by atoms with Crippen LogP contribution in [0.5, 0.6) is 0 Å². The van der Waals surface area contributed by atoms with Crippen molar-refractivity contribution in [1.82, 2.24) is 0 Å². The van der Waals surface area contributed by atoms with Gasteiger partial charge in [0.15, 0.2) is 0 Å². The van der Waals surface area contributed by atoms with Gasteiger partial charge in [0, 0.05) is 0 Å². The third kappa shape index (κ3) is 7.20. The summed E-state index contributed by atoms with van der Waals surface area (Å²) in [5.41, 5.74) is 5.65. The zero-order valence-electron chi connectivity index (χ0n) is 22.2. The molecular weight excluding hydrogens is 492 g/mol. The minimum absolute atomic E-state index is 0.150. The van der Waals surface area contributed by atoms with E-state index >= 15 is 0 Å². The van der Waals surface area contributed by atoms with Crippen LogP contribution in [0, 0.1) is 20.8 Å². The predicted octanol–water partition coefficient (Wildman–Crippen LogP) is 5.81. The highest BCUT2D eigenvalue weighted by atomic mass is 16.6. The van der Waals surface area contributed by atoms with Crippen molar-refractivity contribution in [1.29, 1.82) is 0 Å². The molecule has 0 radical (unpaired) electrons.